The molecule has 0 aliphatic rings. The van der Waals surface area contributed by atoms with E-state index in [1.54, 1.807) is 0 Å². The SMILES string of the molecule is CCCCOC(=O)CNC(C)C(C)CC. The molecule has 0 saturated heterocycles. The Labute approximate surface area is 93.6 Å². The third-order valence-electron chi connectivity index (χ3n) is 2.83. The number of carbonyl (C=O) groups is 1. The first-order valence-corrected chi connectivity index (χ1v) is 6.00. The summed E-state index contributed by atoms with van der Waals surface area (Å²) in [5, 5.41) is 3.19. The Morgan fingerprint density at radius 2 is 2.00 bits per heavy atom. The van der Waals surface area contributed by atoms with Crippen LogP contribution in [0.2, 0.25) is 0 Å². The van der Waals surface area contributed by atoms with Crippen molar-refractivity contribution in [2.45, 2.75) is 53.0 Å². The maximum atomic E-state index is 11.2. The lowest BCUT2D eigenvalue weighted by atomic mass is 10.0. The maximum Gasteiger partial charge on any atom is 0.319 e. The summed E-state index contributed by atoms with van der Waals surface area (Å²) in [4.78, 5) is 11.2. The molecule has 0 aromatic carbocycles. The molecule has 0 aliphatic heterocycles. The Hall–Kier alpha value is -0.570. The van der Waals surface area contributed by atoms with Gasteiger partial charge in [-0.25, -0.2) is 0 Å². The van der Waals surface area contributed by atoms with Crippen molar-refractivity contribution in [3.8, 4) is 0 Å². The van der Waals surface area contributed by atoms with Crippen LogP contribution in [0.5, 0.6) is 0 Å². The van der Waals surface area contributed by atoms with Gasteiger partial charge in [-0.2, -0.15) is 0 Å². The molecule has 90 valence electrons. The molecule has 2 atom stereocenters. The summed E-state index contributed by atoms with van der Waals surface area (Å²) in [7, 11) is 0. The molecule has 3 nitrogen and oxygen atoms in total. The Balaban J connectivity index is 3.52. The van der Waals surface area contributed by atoms with Gasteiger partial charge < -0.3 is 10.1 Å². The highest BCUT2D eigenvalue weighted by Gasteiger charge is 2.11. The number of esters is 1. The van der Waals surface area contributed by atoms with E-state index in [9.17, 15) is 4.79 Å². The summed E-state index contributed by atoms with van der Waals surface area (Å²) in [6.07, 6.45) is 3.13. The summed E-state index contributed by atoms with van der Waals surface area (Å²) >= 11 is 0. The van der Waals surface area contributed by atoms with Gasteiger partial charge in [0.05, 0.1) is 13.2 Å². The van der Waals surface area contributed by atoms with Gasteiger partial charge in [-0.15, -0.1) is 0 Å². The smallest absolute Gasteiger partial charge is 0.319 e. The monoisotopic (exact) mass is 215 g/mol. The molecule has 0 radical (unpaired) electrons. The molecular formula is C12H25NO2. The third-order valence-corrected chi connectivity index (χ3v) is 2.83. The Morgan fingerprint density at radius 3 is 2.53 bits per heavy atom. The van der Waals surface area contributed by atoms with E-state index in [0.29, 0.717) is 25.1 Å². The number of unbranched alkanes of at least 4 members (excludes halogenated alkanes) is 1. The molecule has 0 spiro atoms. The van der Waals surface area contributed by atoms with Crippen LogP contribution >= 0.6 is 0 Å². The topological polar surface area (TPSA) is 38.3 Å². The second kappa shape index (κ2) is 8.72. The molecule has 3 heteroatoms. The van der Waals surface area contributed by atoms with Crippen LogP contribution in [0.25, 0.3) is 0 Å². The highest BCUT2D eigenvalue weighted by atomic mass is 16.5. The minimum atomic E-state index is -0.140. The highest BCUT2D eigenvalue weighted by molar-refractivity contribution is 5.71. The molecule has 0 bridgehead atoms. The molecule has 0 heterocycles. The first-order chi connectivity index (χ1) is 7.11. The molecule has 0 aromatic heterocycles. The molecule has 0 rings (SSSR count). The van der Waals surface area contributed by atoms with Crippen molar-refractivity contribution < 1.29 is 9.53 Å². The van der Waals surface area contributed by atoms with Crippen LogP contribution in [0, 0.1) is 5.92 Å². The lowest BCUT2D eigenvalue weighted by Gasteiger charge is -2.19. The zero-order valence-electron chi connectivity index (χ0n) is 10.5. The first kappa shape index (κ1) is 14.4. The predicted octanol–water partition coefficient (Wildman–Crippen LogP) is 2.35. The van der Waals surface area contributed by atoms with Crippen molar-refractivity contribution in [1.82, 2.24) is 5.32 Å². The summed E-state index contributed by atoms with van der Waals surface area (Å²) in [6.45, 7) is 9.40. The third kappa shape index (κ3) is 7.37. The molecule has 0 aliphatic carbocycles. The summed E-state index contributed by atoms with van der Waals surface area (Å²) in [5.74, 6) is 0.451. The van der Waals surface area contributed by atoms with Gasteiger partial charge in [0.2, 0.25) is 0 Å². The fourth-order valence-corrected chi connectivity index (χ4v) is 1.18. The van der Waals surface area contributed by atoms with Crippen LogP contribution in [0.3, 0.4) is 0 Å². The van der Waals surface area contributed by atoms with Crippen molar-refractivity contribution in [1.29, 1.82) is 0 Å². The van der Waals surface area contributed by atoms with E-state index in [2.05, 4.69) is 33.0 Å². The zero-order chi connectivity index (χ0) is 11.7. The van der Waals surface area contributed by atoms with Gasteiger partial charge in [0.25, 0.3) is 0 Å². The van der Waals surface area contributed by atoms with Crippen LogP contribution < -0.4 is 5.32 Å². The Bertz CT molecular complexity index is 171. The largest absolute Gasteiger partial charge is 0.465 e. The van der Waals surface area contributed by atoms with Crippen molar-refractivity contribution in [3.05, 3.63) is 0 Å². The van der Waals surface area contributed by atoms with E-state index >= 15 is 0 Å². The zero-order valence-corrected chi connectivity index (χ0v) is 10.5. The highest BCUT2D eigenvalue weighted by Crippen LogP contribution is 2.05. The van der Waals surface area contributed by atoms with Crippen molar-refractivity contribution >= 4 is 5.97 Å². The van der Waals surface area contributed by atoms with E-state index < -0.39 is 0 Å². The predicted molar refractivity (Wildman–Crippen MR) is 62.8 cm³/mol. The maximum absolute atomic E-state index is 11.2. The average molecular weight is 215 g/mol. The minimum absolute atomic E-state index is 0.140. The second-order valence-electron chi connectivity index (χ2n) is 4.13. The van der Waals surface area contributed by atoms with Crippen LogP contribution in [-0.2, 0) is 9.53 Å². The molecule has 0 amide bonds. The second-order valence-corrected chi connectivity index (χ2v) is 4.13. The van der Waals surface area contributed by atoms with E-state index in [1.165, 1.54) is 0 Å². The molecule has 0 fully saturated rings. The number of hydrogen-bond donors (Lipinski definition) is 1. The lowest BCUT2D eigenvalue weighted by molar-refractivity contribution is -0.142. The molecule has 0 saturated carbocycles. The average Bonchev–Trinajstić information content (AvgIpc) is 2.25. The number of carbonyl (C=O) groups excluding carboxylic acids is 1. The first-order valence-electron chi connectivity index (χ1n) is 6.00. The van der Waals surface area contributed by atoms with Gasteiger partial charge in [0.1, 0.15) is 0 Å². The van der Waals surface area contributed by atoms with Gasteiger partial charge in [-0.1, -0.05) is 33.6 Å². The summed E-state index contributed by atoms with van der Waals surface area (Å²) in [6, 6.07) is 0.369. The minimum Gasteiger partial charge on any atom is -0.465 e. The Kier molecular flexibility index (Phi) is 8.38. The van der Waals surface area contributed by atoms with Gasteiger partial charge in [0.15, 0.2) is 0 Å². The van der Waals surface area contributed by atoms with E-state index in [0.717, 1.165) is 19.3 Å². The van der Waals surface area contributed by atoms with Crippen molar-refractivity contribution in [2.24, 2.45) is 5.92 Å². The molecule has 15 heavy (non-hydrogen) atoms. The fourth-order valence-electron chi connectivity index (χ4n) is 1.18. The molecule has 2 unspecified atom stereocenters. The van der Waals surface area contributed by atoms with E-state index in [4.69, 9.17) is 4.74 Å². The van der Waals surface area contributed by atoms with Crippen LogP contribution in [-0.4, -0.2) is 25.2 Å². The molecule has 0 aromatic rings. The van der Waals surface area contributed by atoms with Crippen LogP contribution in [0.4, 0.5) is 0 Å². The number of hydrogen-bond acceptors (Lipinski definition) is 3. The lowest BCUT2D eigenvalue weighted by Crippen LogP contribution is -2.36. The standard InChI is InChI=1S/C12H25NO2/c1-5-7-8-15-12(14)9-13-11(4)10(3)6-2/h10-11,13H,5-9H2,1-4H3. The normalized spacial score (nSPS) is 14.7. The summed E-state index contributed by atoms with van der Waals surface area (Å²) in [5.41, 5.74) is 0. The number of nitrogens with one attached hydrogen (secondary N) is 1. The Morgan fingerprint density at radius 1 is 1.33 bits per heavy atom. The van der Waals surface area contributed by atoms with Gasteiger partial charge in [-0.05, 0) is 19.3 Å². The van der Waals surface area contributed by atoms with Gasteiger partial charge in [-0.3, -0.25) is 4.79 Å². The molecular weight excluding hydrogens is 190 g/mol. The number of ether oxygens (including phenoxy) is 1. The van der Waals surface area contributed by atoms with Gasteiger partial charge >= 0.3 is 5.97 Å². The number of rotatable bonds is 8. The van der Waals surface area contributed by atoms with Gasteiger partial charge in [0, 0.05) is 6.04 Å². The van der Waals surface area contributed by atoms with Crippen molar-refractivity contribution in [2.75, 3.05) is 13.2 Å². The van der Waals surface area contributed by atoms with Crippen molar-refractivity contribution in [3.63, 3.8) is 0 Å². The van der Waals surface area contributed by atoms with E-state index in [1.807, 2.05) is 0 Å². The van der Waals surface area contributed by atoms with E-state index in [-0.39, 0.29) is 5.97 Å². The van der Waals surface area contributed by atoms with Crippen LogP contribution in [0.1, 0.15) is 47.0 Å². The summed E-state index contributed by atoms with van der Waals surface area (Å²) < 4.78 is 5.04. The van der Waals surface area contributed by atoms with Crippen LogP contribution in [0.15, 0.2) is 0 Å². The molecule has 1 N–H and O–H groups in total. The quantitative estimate of drug-likeness (QED) is 0.499. The fraction of sp³-hybridized carbons (Fsp3) is 0.917.